The highest BCUT2D eigenvalue weighted by molar-refractivity contribution is 5.77. The van der Waals surface area contributed by atoms with Crippen LogP contribution < -0.4 is 5.73 Å². The Morgan fingerprint density at radius 1 is 0.500 bits per heavy atom. The lowest BCUT2D eigenvalue weighted by molar-refractivity contribution is 0.963. The zero-order valence-electron chi connectivity index (χ0n) is 21.5. The molecule has 5 aromatic rings. The molecule has 0 amide bonds. The largest absolute Gasteiger partial charge is 0.399 e. The molecule has 0 saturated carbocycles. The van der Waals surface area contributed by atoms with Crippen molar-refractivity contribution >= 4 is 69.4 Å². The van der Waals surface area contributed by atoms with E-state index >= 15 is 0 Å². The number of aromatic amines is 2. The molecule has 196 valence electrons. The first-order valence-electron chi connectivity index (χ1n) is 13.1. The zero-order valence-corrected chi connectivity index (χ0v) is 21.5. The second-order valence-corrected chi connectivity index (χ2v) is 9.59. The highest BCUT2D eigenvalue weighted by atomic mass is 27.0. The third-order valence-corrected chi connectivity index (χ3v) is 6.62. The van der Waals surface area contributed by atoms with Gasteiger partial charge in [-0.3, -0.25) is 0 Å². The van der Waals surface area contributed by atoms with Crippen LogP contribution in [0.25, 0.3) is 46.4 Å². The first-order valence-corrected chi connectivity index (χ1v) is 13.1. The number of para-hydroxylation sites is 1. The van der Waals surface area contributed by atoms with Crippen molar-refractivity contribution in [3.05, 3.63) is 137 Å². The Morgan fingerprint density at radius 3 is 1.38 bits per heavy atom. The molecule has 40 heavy (non-hydrogen) atoms. The Hall–Kier alpha value is -4.63. The minimum Gasteiger partial charge on any atom is -0.399 e. The topological polar surface area (TPSA) is 83.4 Å². The van der Waals surface area contributed by atoms with E-state index in [1.54, 1.807) is 0 Å². The van der Waals surface area contributed by atoms with Gasteiger partial charge in [0.1, 0.15) is 0 Å². The predicted octanol–water partition coefficient (Wildman–Crippen LogP) is 6.53. The monoisotopic (exact) mass is 537 g/mol. The van der Waals surface area contributed by atoms with Crippen LogP contribution in [0.3, 0.4) is 0 Å². The maximum absolute atomic E-state index is 5.88. The maximum Gasteiger partial charge on any atom is 0.187 e. The van der Waals surface area contributed by atoms with E-state index in [0.29, 0.717) is 0 Å². The Balaban J connectivity index is 0.000000175. The molecule has 2 aliphatic rings. The van der Waals surface area contributed by atoms with Crippen molar-refractivity contribution < 1.29 is 0 Å². The molecule has 0 fully saturated rings. The molecule has 0 atom stereocenters. The molecule has 0 saturated heterocycles. The number of aromatic nitrogens is 4. The molecule has 0 aliphatic carbocycles. The van der Waals surface area contributed by atoms with E-state index in [-0.39, 0.29) is 17.4 Å². The molecule has 8 bridgehead atoms. The molecule has 3 aromatic heterocycles. The van der Waals surface area contributed by atoms with Crippen molar-refractivity contribution in [3.63, 3.8) is 0 Å². The summed E-state index contributed by atoms with van der Waals surface area (Å²) >= 11 is 0. The molecule has 0 spiro atoms. The van der Waals surface area contributed by atoms with Gasteiger partial charge < -0.3 is 15.7 Å². The first-order chi connectivity index (χ1) is 19.2. The number of benzene rings is 2. The van der Waals surface area contributed by atoms with Crippen LogP contribution in [0.15, 0.2) is 103 Å². The summed E-state index contributed by atoms with van der Waals surface area (Å²) in [5.74, 6) is 0. The lowest BCUT2D eigenvalue weighted by atomic mass is 10.0. The lowest BCUT2D eigenvalue weighted by Gasteiger charge is -2.04. The Morgan fingerprint density at radius 2 is 0.925 bits per heavy atom. The van der Waals surface area contributed by atoms with Gasteiger partial charge in [-0.2, -0.15) is 0 Å². The SMILES string of the molecule is C1=Cc2cc3ccc(cc4nc(cc5ccc(cc1n2)[nH]5)C=C4)[nH]3.Nc1ccccc1CCc1ccccc1.[AlH3]. The number of hydrogen-bond donors (Lipinski definition) is 3. The number of H-pyrrole nitrogens is 2. The van der Waals surface area contributed by atoms with Gasteiger partial charge in [0, 0.05) is 27.8 Å². The summed E-state index contributed by atoms with van der Waals surface area (Å²) in [5, 5.41) is 0. The summed E-state index contributed by atoms with van der Waals surface area (Å²) in [6.45, 7) is 0. The van der Waals surface area contributed by atoms with Crippen LogP contribution in [0.5, 0.6) is 0 Å². The summed E-state index contributed by atoms with van der Waals surface area (Å²) in [6, 6.07) is 34.9. The van der Waals surface area contributed by atoms with Crippen molar-refractivity contribution in [2.75, 3.05) is 5.73 Å². The molecule has 0 unspecified atom stereocenters. The minimum atomic E-state index is 0. The number of nitrogen functional groups attached to an aromatic ring is 1. The Kier molecular flexibility index (Phi) is 8.41. The van der Waals surface area contributed by atoms with Gasteiger partial charge in [-0.15, -0.1) is 0 Å². The summed E-state index contributed by atoms with van der Waals surface area (Å²) < 4.78 is 0. The fraction of sp³-hybridized carbons (Fsp3) is 0.0588. The standard InChI is InChI=1S/C20H14N4.C14H15N.Al.3H/c1-2-14-10-16-5-6-18(23-16)12-20-8-7-19(24-20)11-17-4-3-15(22-17)9-13(1)21-14;15-14-9-5-4-8-13(14)11-10-12-6-2-1-3-7-12;;;;/h1-12,21,24H;1-9H,10-11,15H2;;;;. The van der Waals surface area contributed by atoms with Crippen LogP contribution in [0.1, 0.15) is 33.9 Å². The fourth-order valence-electron chi connectivity index (χ4n) is 4.63. The van der Waals surface area contributed by atoms with Gasteiger partial charge >= 0.3 is 0 Å². The van der Waals surface area contributed by atoms with Crippen molar-refractivity contribution in [3.8, 4) is 0 Å². The van der Waals surface area contributed by atoms with Gasteiger partial charge in [0.2, 0.25) is 0 Å². The third kappa shape index (κ3) is 6.87. The number of hydrogen-bond acceptors (Lipinski definition) is 3. The summed E-state index contributed by atoms with van der Waals surface area (Å²) in [7, 11) is 0. The number of nitrogens with one attached hydrogen (secondary N) is 2. The number of anilines is 1. The third-order valence-electron chi connectivity index (χ3n) is 6.62. The molecule has 5 heterocycles. The van der Waals surface area contributed by atoms with Crippen molar-refractivity contribution in [1.29, 1.82) is 0 Å². The second kappa shape index (κ2) is 12.5. The molecule has 4 N–H and O–H groups in total. The summed E-state index contributed by atoms with van der Waals surface area (Å²) in [5.41, 5.74) is 17.2. The van der Waals surface area contributed by atoms with E-state index in [9.17, 15) is 0 Å². The van der Waals surface area contributed by atoms with E-state index in [2.05, 4.69) is 74.5 Å². The van der Waals surface area contributed by atoms with Crippen LogP contribution in [0.4, 0.5) is 5.69 Å². The molecular formula is C34H32AlN5. The van der Waals surface area contributed by atoms with E-state index in [1.807, 2.05) is 72.8 Å². The fourth-order valence-corrected chi connectivity index (χ4v) is 4.63. The number of aryl methyl sites for hydroxylation is 2. The first kappa shape index (κ1) is 27.0. The van der Waals surface area contributed by atoms with Crippen LogP contribution in [-0.2, 0) is 12.8 Å². The van der Waals surface area contributed by atoms with Crippen molar-refractivity contribution in [2.24, 2.45) is 0 Å². The minimum absolute atomic E-state index is 0. The number of fused-ring (bicyclic) bond motifs is 8. The molecule has 2 aromatic carbocycles. The van der Waals surface area contributed by atoms with Gasteiger partial charge in [-0.1, -0.05) is 48.5 Å². The van der Waals surface area contributed by atoms with E-state index in [4.69, 9.17) is 5.73 Å². The predicted molar refractivity (Wildman–Crippen MR) is 174 cm³/mol. The average Bonchev–Trinajstić information content (AvgIpc) is 3.76. The van der Waals surface area contributed by atoms with Crippen molar-refractivity contribution in [1.82, 2.24) is 19.9 Å². The van der Waals surface area contributed by atoms with Gasteiger partial charge in [0.15, 0.2) is 17.4 Å². The Bertz CT molecular complexity index is 1660. The van der Waals surface area contributed by atoms with Crippen LogP contribution in [-0.4, -0.2) is 37.3 Å². The van der Waals surface area contributed by atoms with Crippen LogP contribution in [0, 0.1) is 0 Å². The number of nitrogens with zero attached hydrogens (tertiary/aromatic N) is 2. The molecular weight excluding hydrogens is 505 g/mol. The zero-order chi connectivity index (χ0) is 26.4. The lowest BCUT2D eigenvalue weighted by Crippen LogP contribution is -1.96. The summed E-state index contributed by atoms with van der Waals surface area (Å²) in [4.78, 5) is 16.0. The second-order valence-electron chi connectivity index (χ2n) is 9.59. The number of rotatable bonds is 3. The number of nitrogens with two attached hydrogens (primary N) is 1. The highest BCUT2D eigenvalue weighted by Gasteiger charge is 2.01. The van der Waals surface area contributed by atoms with Crippen molar-refractivity contribution in [2.45, 2.75) is 12.8 Å². The smallest absolute Gasteiger partial charge is 0.187 e. The highest BCUT2D eigenvalue weighted by Crippen LogP contribution is 2.17. The van der Waals surface area contributed by atoms with Gasteiger partial charge in [0.25, 0.3) is 0 Å². The quantitative estimate of drug-likeness (QED) is 0.177. The maximum atomic E-state index is 5.88. The summed E-state index contributed by atoms with van der Waals surface area (Å²) in [6.07, 6.45) is 10.2. The molecule has 6 heteroatoms. The van der Waals surface area contributed by atoms with Gasteiger partial charge in [0.05, 0.1) is 22.8 Å². The molecule has 5 nitrogen and oxygen atoms in total. The normalized spacial score (nSPS) is 11.4. The van der Waals surface area contributed by atoms with E-state index < -0.39 is 0 Å². The molecule has 0 radical (unpaired) electrons. The van der Waals surface area contributed by atoms with Gasteiger partial charge in [-0.05, 0) is 103 Å². The van der Waals surface area contributed by atoms with Crippen LogP contribution in [0.2, 0.25) is 0 Å². The molecule has 7 rings (SSSR count). The van der Waals surface area contributed by atoms with E-state index in [1.165, 1.54) is 11.1 Å². The average molecular weight is 538 g/mol. The van der Waals surface area contributed by atoms with E-state index in [0.717, 1.165) is 63.4 Å². The Labute approximate surface area is 244 Å². The molecule has 2 aliphatic heterocycles. The van der Waals surface area contributed by atoms with Crippen LogP contribution >= 0.6 is 0 Å². The van der Waals surface area contributed by atoms with Gasteiger partial charge in [-0.25, -0.2) is 9.97 Å².